The summed E-state index contributed by atoms with van der Waals surface area (Å²) in [6.07, 6.45) is 1.23. The van der Waals surface area contributed by atoms with E-state index >= 15 is 0 Å². The number of nitrogens with zero attached hydrogens (tertiary/aromatic N) is 2. The number of aromatic nitrogens is 2. The van der Waals surface area contributed by atoms with Crippen LogP contribution in [-0.4, -0.2) is 21.0 Å². The van der Waals surface area contributed by atoms with Gasteiger partial charge < -0.3 is 10.1 Å². The van der Waals surface area contributed by atoms with Crippen molar-refractivity contribution in [2.45, 2.75) is 0 Å². The van der Waals surface area contributed by atoms with E-state index in [4.69, 9.17) is 5.11 Å². The summed E-state index contributed by atoms with van der Waals surface area (Å²) in [5, 5.41) is 8.63. The van der Waals surface area contributed by atoms with Crippen molar-refractivity contribution in [1.29, 1.82) is 0 Å². The van der Waals surface area contributed by atoms with Crippen molar-refractivity contribution in [1.82, 2.24) is 9.97 Å². The molecule has 0 aliphatic rings. The van der Waals surface area contributed by atoms with Crippen molar-refractivity contribution in [3.05, 3.63) is 36.2 Å². The van der Waals surface area contributed by atoms with Crippen molar-refractivity contribution in [2.24, 2.45) is 0 Å². The summed E-state index contributed by atoms with van der Waals surface area (Å²) < 4.78 is 0. The second kappa shape index (κ2) is 4.57. The van der Waals surface area contributed by atoms with Gasteiger partial charge in [0.05, 0.1) is 0 Å². The molecule has 0 bridgehead atoms. The number of carboxylic acid groups (broad SMARTS) is 1. The molecular formula is C9H5N2O2Y-. The van der Waals surface area contributed by atoms with E-state index in [9.17, 15) is 4.79 Å². The van der Waals surface area contributed by atoms with Crippen LogP contribution in [0, 0.1) is 6.07 Å². The molecule has 0 amide bonds. The van der Waals surface area contributed by atoms with E-state index in [1.807, 2.05) is 0 Å². The van der Waals surface area contributed by atoms with Gasteiger partial charge in [0.2, 0.25) is 0 Å². The zero-order valence-electron chi connectivity index (χ0n) is 7.14. The molecule has 4 nitrogen and oxygen atoms in total. The Morgan fingerprint density at radius 1 is 1.43 bits per heavy atom. The van der Waals surface area contributed by atoms with Gasteiger partial charge in [-0.05, 0) is 11.0 Å². The van der Waals surface area contributed by atoms with Gasteiger partial charge in [0.25, 0.3) is 0 Å². The molecule has 0 spiro atoms. The number of carbonyl (C=O) groups is 1. The second-order valence-corrected chi connectivity index (χ2v) is 2.48. The number of hydrogen-bond donors (Lipinski definition) is 1. The molecule has 2 rings (SSSR count). The maximum Gasteiger partial charge on any atom is 0.355 e. The zero-order chi connectivity index (χ0) is 9.26. The molecule has 5 heteroatoms. The van der Waals surface area contributed by atoms with E-state index in [2.05, 4.69) is 16.0 Å². The Morgan fingerprint density at radius 3 is 2.93 bits per heavy atom. The molecule has 1 heterocycles. The first kappa shape index (κ1) is 11.2. The topological polar surface area (TPSA) is 63.1 Å². The van der Waals surface area contributed by atoms with Crippen LogP contribution in [0.3, 0.4) is 0 Å². The Bertz CT molecular complexity index is 473. The SMILES string of the molecule is O=C(O)c1cnc2c[c-]ccc2n1.[Y]. The Labute approximate surface area is 105 Å². The molecular weight excluding hydrogens is 257 g/mol. The molecule has 1 aromatic carbocycles. The molecule has 0 saturated carbocycles. The Balaban J connectivity index is 0.000000980. The van der Waals surface area contributed by atoms with Gasteiger partial charge in [0.15, 0.2) is 5.69 Å². The molecule has 0 aliphatic heterocycles. The first-order valence-electron chi connectivity index (χ1n) is 3.63. The van der Waals surface area contributed by atoms with Crippen LogP contribution in [0.5, 0.6) is 0 Å². The van der Waals surface area contributed by atoms with Crippen LogP contribution in [0.2, 0.25) is 0 Å². The molecule has 67 valence electrons. The van der Waals surface area contributed by atoms with Gasteiger partial charge in [-0.3, -0.25) is 4.98 Å². The number of carboxylic acids is 1. The fraction of sp³-hybridized carbons (Fsp3) is 0. The summed E-state index contributed by atoms with van der Waals surface area (Å²) in [5.74, 6) is -1.07. The standard InChI is InChI=1S/C9H5N2O2.Y/c12-9(13)8-5-10-6-3-1-2-4-7(6)11-8;/h2-5H,(H,12,13);/q-1;. The summed E-state index contributed by atoms with van der Waals surface area (Å²) in [6, 6.07) is 7.84. The summed E-state index contributed by atoms with van der Waals surface area (Å²) in [6.45, 7) is 0. The van der Waals surface area contributed by atoms with Crippen molar-refractivity contribution >= 4 is 17.0 Å². The quantitative estimate of drug-likeness (QED) is 0.782. The normalized spacial score (nSPS) is 9.43. The van der Waals surface area contributed by atoms with Crippen LogP contribution in [0.25, 0.3) is 11.0 Å². The predicted octanol–water partition coefficient (Wildman–Crippen LogP) is 1.13. The van der Waals surface area contributed by atoms with Crippen LogP contribution >= 0.6 is 0 Å². The van der Waals surface area contributed by atoms with E-state index in [1.165, 1.54) is 6.20 Å². The number of rotatable bonds is 1. The number of fused-ring (bicyclic) bond motifs is 1. The van der Waals surface area contributed by atoms with E-state index in [1.54, 1.807) is 18.2 Å². The average molecular weight is 262 g/mol. The molecule has 1 radical (unpaired) electrons. The maximum absolute atomic E-state index is 10.5. The third kappa shape index (κ3) is 2.14. The fourth-order valence-electron chi connectivity index (χ4n) is 1.00. The van der Waals surface area contributed by atoms with Crippen LogP contribution < -0.4 is 0 Å². The number of aromatic carboxylic acids is 1. The Hall–Kier alpha value is -0.866. The molecule has 1 N–H and O–H groups in total. The number of hydrogen-bond acceptors (Lipinski definition) is 3. The molecule has 0 aliphatic carbocycles. The second-order valence-electron chi connectivity index (χ2n) is 2.48. The van der Waals surface area contributed by atoms with Crippen molar-refractivity contribution < 1.29 is 42.6 Å². The first-order chi connectivity index (χ1) is 6.27. The zero-order valence-corrected chi connectivity index (χ0v) is 9.97. The smallest absolute Gasteiger partial charge is 0.355 e. The van der Waals surface area contributed by atoms with E-state index in [0.717, 1.165) is 0 Å². The van der Waals surface area contributed by atoms with Gasteiger partial charge in [0.1, 0.15) is 0 Å². The summed E-state index contributed by atoms with van der Waals surface area (Å²) >= 11 is 0. The summed E-state index contributed by atoms with van der Waals surface area (Å²) in [4.78, 5) is 18.4. The monoisotopic (exact) mass is 262 g/mol. The molecule has 1 aromatic heterocycles. The van der Waals surface area contributed by atoms with Crippen LogP contribution in [0.15, 0.2) is 24.4 Å². The average Bonchev–Trinajstić information content (AvgIpc) is 2.17. The largest absolute Gasteiger partial charge is 0.476 e. The Morgan fingerprint density at radius 2 is 2.21 bits per heavy atom. The van der Waals surface area contributed by atoms with Crippen molar-refractivity contribution in [3.63, 3.8) is 0 Å². The van der Waals surface area contributed by atoms with E-state index in [-0.39, 0.29) is 38.4 Å². The molecule has 0 atom stereocenters. The third-order valence-electron chi connectivity index (χ3n) is 1.61. The maximum atomic E-state index is 10.5. The molecule has 2 aromatic rings. The van der Waals surface area contributed by atoms with Gasteiger partial charge in [-0.2, -0.15) is 12.1 Å². The molecule has 0 fully saturated rings. The molecule has 0 saturated heterocycles. The molecule has 14 heavy (non-hydrogen) atoms. The van der Waals surface area contributed by atoms with Crippen LogP contribution in [0.4, 0.5) is 0 Å². The first-order valence-corrected chi connectivity index (χ1v) is 3.63. The summed E-state index contributed by atoms with van der Waals surface area (Å²) in [5.41, 5.74) is 1.17. The molecule has 0 unspecified atom stereocenters. The van der Waals surface area contributed by atoms with Gasteiger partial charge in [-0.25, -0.2) is 4.79 Å². The van der Waals surface area contributed by atoms with E-state index < -0.39 is 5.97 Å². The third-order valence-corrected chi connectivity index (χ3v) is 1.61. The Kier molecular flexibility index (Phi) is 3.66. The van der Waals surface area contributed by atoms with Gasteiger partial charge in [-0.1, -0.05) is 0 Å². The van der Waals surface area contributed by atoms with Crippen LogP contribution in [-0.2, 0) is 32.7 Å². The van der Waals surface area contributed by atoms with Gasteiger partial charge in [0, 0.05) is 38.9 Å². The summed E-state index contributed by atoms with van der Waals surface area (Å²) in [7, 11) is 0. The minimum Gasteiger partial charge on any atom is -0.476 e. The van der Waals surface area contributed by atoms with Gasteiger partial charge in [-0.15, -0.1) is 12.1 Å². The predicted molar refractivity (Wildman–Crippen MR) is 45.3 cm³/mol. The van der Waals surface area contributed by atoms with Gasteiger partial charge >= 0.3 is 5.97 Å². The van der Waals surface area contributed by atoms with Crippen molar-refractivity contribution in [3.8, 4) is 0 Å². The van der Waals surface area contributed by atoms with Crippen molar-refractivity contribution in [2.75, 3.05) is 0 Å². The number of benzene rings is 1. The fourth-order valence-corrected chi connectivity index (χ4v) is 1.00. The minimum absolute atomic E-state index is 0. The minimum atomic E-state index is -1.07. The van der Waals surface area contributed by atoms with E-state index in [0.29, 0.717) is 11.0 Å². The van der Waals surface area contributed by atoms with Crippen LogP contribution in [0.1, 0.15) is 10.5 Å².